The van der Waals surface area contributed by atoms with Crippen LogP contribution in [0.5, 0.6) is 0 Å². The molecule has 0 radical (unpaired) electrons. The van der Waals surface area contributed by atoms with Crippen LogP contribution < -0.4 is 0 Å². The fourth-order valence-corrected chi connectivity index (χ4v) is 2.66. The van der Waals surface area contributed by atoms with E-state index in [9.17, 15) is 0 Å². The fraction of sp³-hybridized carbons (Fsp3) is 1.00. The third-order valence-corrected chi connectivity index (χ3v) is 3.47. The Kier molecular flexibility index (Phi) is 6.46. The summed E-state index contributed by atoms with van der Waals surface area (Å²) in [5.74, 6) is 0. The lowest BCUT2D eigenvalue weighted by Crippen LogP contribution is -2.25. The van der Waals surface area contributed by atoms with Gasteiger partial charge in [-0.05, 0) is 26.8 Å². The van der Waals surface area contributed by atoms with E-state index in [2.05, 4.69) is 18.9 Å². The minimum Gasteiger partial charge on any atom is -0.384 e. The summed E-state index contributed by atoms with van der Waals surface area (Å²) in [5, 5.41) is 0. The molecule has 2 rings (SSSR count). The minimum absolute atomic E-state index is 0.558. The molecule has 2 nitrogen and oxygen atoms in total. The lowest BCUT2D eigenvalue weighted by molar-refractivity contribution is 0.139. The van der Waals surface area contributed by atoms with E-state index in [1.54, 1.807) is 0 Å². The molecule has 2 fully saturated rings. The third-order valence-electron chi connectivity index (χ3n) is 3.47. The van der Waals surface area contributed by atoms with Crippen LogP contribution >= 0.6 is 0 Å². The van der Waals surface area contributed by atoms with Gasteiger partial charge < -0.3 is 9.64 Å². The molecule has 1 saturated heterocycles. The number of hydrogen-bond donors (Lipinski definition) is 0. The van der Waals surface area contributed by atoms with Gasteiger partial charge >= 0.3 is 0 Å². The van der Waals surface area contributed by atoms with Gasteiger partial charge in [-0.1, -0.05) is 27.7 Å². The van der Waals surface area contributed by atoms with Crippen molar-refractivity contribution < 1.29 is 4.74 Å². The Balaban J connectivity index is 0.000000442. The molecule has 1 aliphatic heterocycles. The van der Waals surface area contributed by atoms with E-state index in [0.29, 0.717) is 5.41 Å². The topological polar surface area (TPSA) is 12.5 Å². The number of nitrogens with zero attached hydrogens (tertiary/aromatic N) is 1. The van der Waals surface area contributed by atoms with E-state index in [1.807, 2.05) is 34.8 Å². The minimum atomic E-state index is 0.558. The molecule has 3 atom stereocenters. The maximum Gasteiger partial charge on any atom is 0.0534 e. The van der Waals surface area contributed by atoms with Gasteiger partial charge in [0, 0.05) is 24.6 Å². The number of fused-ring (bicyclic) bond motifs is 1. The number of hydrogen-bond acceptors (Lipinski definition) is 2. The summed E-state index contributed by atoms with van der Waals surface area (Å²) in [5.41, 5.74) is 0.558. The highest BCUT2D eigenvalue weighted by atomic mass is 16.5. The summed E-state index contributed by atoms with van der Waals surface area (Å²) >= 11 is 0. The van der Waals surface area contributed by atoms with Crippen LogP contribution in [0.25, 0.3) is 0 Å². The van der Waals surface area contributed by atoms with Gasteiger partial charge in [0.2, 0.25) is 0 Å². The Morgan fingerprint density at radius 3 is 2.07 bits per heavy atom. The van der Waals surface area contributed by atoms with Crippen LogP contribution in [-0.4, -0.2) is 37.7 Å². The molecular weight excluding hydrogens is 186 g/mol. The summed E-state index contributed by atoms with van der Waals surface area (Å²) in [6.45, 7) is 11.3. The smallest absolute Gasteiger partial charge is 0.0534 e. The summed E-state index contributed by atoms with van der Waals surface area (Å²) in [6.07, 6.45) is 2.70. The Bertz CT molecular complexity index is 172. The Morgan fingerprint density at radius 2 is 1.73 bits per heavy atom. The van der Waals surface area contributed by atoms with Crippen LogP contribution in [0.2, 0.25) is 0 Å². The zero-order valence-corrected chi connectivity index (χ0v) is 11.6. The molecule has 0 aromatic heterocycles. The first-order valence-electron chi connectivity index (χ1n) is 6.40. The molecule has 1 aliphatic carbocycles. The first kappa shape index (κ1) is 14.9. The van der Waals surface area contributed by atoms with Gasteiger partial charge in [0.1, 0.15) is 0 Å². The van der Waals surface area contributed by atoms with Gasteiger partial charge in [0.25, 0.3) is 0 Å². The molecule has 92 valence electrons. The summed E-state index contributed by atoms with van der Waals surface area (Å²) in [6, 6.07) is 1.60. The quantitative estimate of drug-likeness (QED) is 0.701. The number of ether oxygens (including phenoxy) is 1. The summed E-state index contributed by atoms with van der Waals surface area (Å²) in [4.78, 5) is 2.50. The predicted molar refractivity (Wildman–Crippen MR) is 67.3 cm³/mol. The standard InChI is InChI=1S/C9H17NO.2C2H6/c1-7-4-9(6-11-3)5-8(9)10(7)2;2*1-2/h7-8H,4-6H2,1-3H3;2*1-2H3. The molecular formula is C13H29NO. The van der Waals surface area contributed by atoms with Crippen LogP contribution in [0, 0.1) is 5.41 Å². The van der Waals surface area contributed by atoms with Crippen LogP contribution in [0.4, 0.5) is 0 Å². The molecule has 3 unspecified atom stereocenters. The first-order chi connectivity index (χ1) is 7.19. The van der Waals surface area contributed by atoms with Crippen molar-refractivity contribution in [2.24, 2.45) is 5.41 Å². The molecule has 1 saturated carbocycles. The van der Waals surface area contributed by atoms with Crippen molar-refractivity contribution in [2.45, 2.75) is 59.5 Å². The van der Waals surface area contributed by atoms with Gasteiger partial charge in [-0.2, -0.15) is 0 Å². The highest BCUT2D eigenvalue weighted by molar-refractivity contribution is 5.15. The van der Waals surface area contributed by atoms with Crippen molar-refractivity contribution in [1.29, 1.82) is 0 Å². The van der Waals surface area contributed by atoms with E-state index < -0.39 is 0 Å². The number of rotatable bonds is 2. The van der Waals surface area contributed by atoms with Gasteiger partial charge in [-0.25, -0.2) is 0 Å². The van der Waals surface area contributed by atoms with Gasteiger partial charge in [0.15, 0.2) is 0 Å². The monoisotopic (exact) mass is 215 g/mol. The summed E-state index contributed by atoms with van der Waals surface area (Å²) in [7, 11) is 4.05. The number of methoxy groups -OCH3 is 1. The summed E-state index contributed by atoms with van der Waals surface area (Å²) < 4.78 is 5.24. The maximum atomic E-state index is 5.24. The van der Waals surface area contributed by atoms with Gasteiger partial charge in [0.05, 0.1) is 6.61 Å². The predicted octanol–water partition coefficient (Wildman–Crippen LogP) is 3.17. The molecule has 2 aliphatic rings. The Morgan fingerprint density at radius 1 is 1.20 bits per heavy atom. The van der Waals surface area contributed by atoms with E-state index in [4.69, 9.17) is 4.74 Å². The van der Waals surface area contributed by atoms with Crippen LogP contribution in [0.1, 0.15) is 47.5 Å². The second-order valence-electron chi connectivity index (χ2n) is 4.23. The second kappa shape index (κ2) is 6.49. The first-order valence-corrected chi connectivity index (χ1v) is 6.40. The highest BCUT2D eigenvalue weighted by Gasteiger charge is 2.62. The van der Waals surface area contributed by atoms with E-state index in [1.165, 1.54) is 12.8 Å². The molecule has 0 aromatic rings. The zero-order valence-electron chi connectivity index (χ0n) is 11.6. The van der Waals surface area contributed by atoms with Crippen molar-refractivity contribution in [3.8, 4) is 0 Å². The molecule has 1 heterocycles. The van der Waals surface area contributed by atoms with Crippen LogP contribution in [0.3, 0.4) is 0 Å². The van der Waals surface area contributed by atoms with E-state index >= 15 is 0 Å². The van der Waals surface area contributed by atoms with Crippen molar-refractivity contribution in [3.05, 3.63) is 0 Å². The van der Waals surface area contributed by atoms with Crippen LogP contribution in [0.15, 0.2) is 0 Å². The molecule has 0 spiro atoms. The fourth-order valence-electron chi connectivity index (χ4n) is 2.66. The SMILES string of the molecule is CC.CC.COCC12CC(C)N(C)C1C2. The zero-order chi connectivity index (χ0) is 12.1. The van der Waals surface area contributed by atoms with Gasteiger partial charge in [-0.3, -0.25) is 0 Å². The normalized spacial score (nSPS) is 37.0. The van der Waals surface area contributed by atoms with E-state index in [-0.39, 0.29) is 0 Å². The lowest BCUT2D eigenvalue weighted by Gasteiger charge is -2.17. The molecule has 15 heavy (non-hydrogen) atoms. The molecule has 0 N–H and O–H groups in total. The van der Waals surface area contributed by atoms with E-state index in [0.717, 1.165) is 18.7 Å². The average Bonchev–Trinajstić information content (AvgIpc) is 2.91. The third kappa shape index (κ3) is 2.94. The largest absolute Gasteiger partial charge is 0.384 e. The molecule has 0 amide bonds. The average molecular weight is 215 g/mol. The number of piperidine rings is 1. The Labute approximate surface area is 96.0 Å². The lowest BCUT2D eigenvalue weighted by atomic mass is 10.0. The number of likely N-dealkylation sites (tertiary alicyclic amines) is 1. The van der Waals surface area contributed by atoms with Crippen molar-refractivity contribution in [3.63, 3.8) is 0 Å². The molecule has 2 heteroatoms. The maximum absolute atomic E-state index is 5.24. The van der Waals surface area contributed by atoms with Crippen molar-refractivity contribution >= 4 is 0 Å². The van der Waals surface area contributed by atoms with Crippen molar-refractivity contribution in [1.82, 2.24) is 4.90 Å². The highest BCUT2D eigenvalue weighted by Crippen LogP contribution is 2.58. The van der Waals surface area contributed by atoms with Crippen molar-refractivity contribution in [2.75, 3.05) is 20.8 Å². The van der Waals surface area contributed by atoms with Crippen LogP contribution in [-0.2, 0) is 4.74 Å². The second-order valence-corrected chi connectivity index (χ2v) is 4.23. The Hall–Kier alpha value is -0.0800. The van der Waals surface area contributed by atoms with Gasteiger partial charge in [-0.15, -0.1) is 0 Å². The molecule has 0 bridgehead atoms. The molecule has 0 aromatic carbocycles.